The first-order valence-electron chi connectivity index (χ1n) is 6.50. The van der Waals surface area contributed by atoms with Crippen LogP contribution in [0.4, 0.5) is 0 Å². The fourth-order valence-corrected chi connectivity index (χ4v) is 2.78. The number of rotatable bonds is 4. The van der Waals surface area contributed by atoms with E-state index in [1.54, 1.807) is 23.4 Å². The maximum Gasteiger partial charge on any atom is 0.280 e. The summed E-state index contributed by atoms with van der Waals surface area (Å²) in [5, 5.41) is 9.04. The molecule has 0 atom stereocenters. The van der Waals surface area contributed by atoms with Crippen LogP contribution in [0.25, 0.3) is 5.57 Å². The van der Waals surface area contributed by atoms with Crippen molar-refractivity contribution in [2.45, 2.75) is 44.2 Å². The predicted molar refractivity (Wildman–Crippen MR) is 74.7 cm³/mol. The molecule has 5 heteroatoms. The van der Waals surface area contributed by atoms with Crippen LogP contribution >= 0.6 is 11.8 Å². The molecular weight excluding hydrogens is 246 g/mol. The third-order valence-electron chi connectivity index (χ3n) is 3.06. The van der Waals surface area contributed by atoms with Crippen LogP contribution in [0.15, 0.2) is 16.0 Å². The minimum atomic E-state index is -0.0169. The lowest BCUT2D eigenvalue weighted by molar-refractivity contribution is 0.648. The average Bonchev–Trinajstić information content (AvgIpc) is 2.41. The van der Waals surface area contributed by atoms with Crippen molar-refractivity contribution in [2.75, 3.05) is 5.75 Å². The summed E-state index contributed by atoms with van der Waals surface area (Å²) in [6, 6.07) is 0. The van der Waals surface area contributed by atoms with Gasteiger partial charge in [-0.3, -0.25) is 9.36 Å². The first-order chi connectivity index (χ1) is 8.74. The second-order valence-corrected chi connectivity index (χ2v) is 5.58. The van der Waals surface area contributed by atoms with Crippen molar-refractivity contribution in [2.24, 2.45) is 7.05 Å². The number of thioether (sulfide) groups is 1. The van der Waals surface area contributed by atoms with E-state index in [-0.39, 0.29) is 5.56 Å². The van der Waals surface area contributed by atoms with Gasteiger partial charge in [-0.2, -0.15) is 0 Å². The van der Waals surface area contributed by atoms with Crippen molar-refractivity contribution < 1.29 is 0 Å². The minimum Gasteiger partial charge on any atom is -0.287 e. The Morgan fingerprint density at radius 2 is 2.22 bits per heavy atom. The highest BCUT2D eigenvalue weighted by Gasteiger charge is 2.15. The molecule has 0 aliphatic heterocycles. The molecule has 2 rings (SSSR count). The van der Waals surface area contributed by atoms with Crippen molar-refractivity contribution in [1.82, 2.24) is 14.8 Å². The molecule has 4 nitrogen and oxygen atoms in total. The number of hydrogen-bond acceptors (Lipinski definition) is 4. The largest absolute Gasteiger partial charge is 0.287 e. The van der Waals surface area contributed by atoms with Gasteiger partial charge in [-0.1, -0.05) is 24.8 Å². The summed E-state index contributed by atoms with van der Waals surface area (Å²) in [5.41, 5.74) is 1.59. The predicted octanol–water partition coefficient (Wildman–Crippen LogP) is 2.63. The molecular formula is C13H19N3OS. The van der Waals surface area contributed by atoms with Crippen LogP contribution < -0.4 is 5.56 Å². The third-order valence-corrected chi connectivity index (χ3v) is 4.29. The van der Waals surface area contributed by atoms with Crippen LogP contribution in [0, 0.1) is 0 Å². The van der Waals surface area contributed by atoms with Crippen molar-refractivity contribution in [3.05, 3.63) is 22.1 Å². The number of nitrogens with zero attached hydrogens (tertiary/aromatic N) is 3. The fourth-order valence-electron chi connectivity index (χ4n) is 2.02. The maximum atomic E-state index is 12.3. The topological polar surface area (TPSA) is 47.8 Å². The van der Waals surface area contributed by atoms with E-state index in [9.17, 15) is 4.79 Å². The minimum absolute atomic E-state index is 0.0169. The molecule has 0 spiro atoms. The Bertz CT molecular complexity index is 507. The molecule has 18 heavy (non-hydrogen) atoms. The van der Waals surface area contributed by atoms with Gasteiger partial charge in [0.2, 0.25) is 0 Å². The molecule has 0 saturated heterocycles. The van der Waals surface area contributed by atoms with E-state index in [1.165, 1.54) is 6.42 Å². The number of allylic oxidation sites excluding steroid dienone is 2. The van der Waals surface area contributed by atoms with E-state index in [0.717, 1.165) is 37.0 Å². The standard InChI is InChI=1S/C13H19N3OS/c1-3-9-18-13-15-14-11(12(17)16(13)2)10-7-5-4-6-8-10/h7H,3-6,8-9H2,1-2H3. The van der Waals surface area contributed by atoms with E-state index >= 15 is 0 Å². The second kappa shape index (κ2) is 6.18. The maximum absolute atomic E-state index is 12.3. The van der Waals surface area contributed by atoms with Gasteiger partial charge in [0.05, 0.1) is 0 Å². The quantitative estimate of drug-likeness (QED) is 0.785. The summed E-state index contributed by atoms with van der Waals surface area (Å²) in [7, 11) is 1.78. The Morgan fingerprint density at radius 3 is 2.89 bits per heavy atom. The van der Waals surface area contributed by atoms with Gasteiger partial charge in [0, 0.05) is 12.8 Å². The van der Waals surface area contributed by atoms with Crippen molar-refractivity contribution in [3.8, 4) is 0 Å². The lowest BCUT2D eigenvalue weighted by Gasteiger charge is -2.12. The normalized spacial score (nSPS) is 15.6. The molecule has 98 valence electrons. The summed E-state index contributed by atoms with van der Waals surface area (Å²) >= 11 is 1.59. The number of hydrogen-bond donors (Lipinski definition) is 0. The second-order valence-electron chi connectivity index (χ2n) is 4.52. The van der Waals surface area contributed by atoms with Gasteiger partial charge in [-0.05, 0) is 37.7 Å². The monoisotopic (exact) mass is 265 g/mol. The van der Waals surface area contributed by atoms with Gasteiger partial charge in [0.1, 0.15) is 0 Å². The summed E-state index contributed by atoms with van der Waals surface area (Å²) in [6.07, 6.45) is 7.55. The van der Waals surface area contributed by atoms with Gasteiger partial charge >= 0.3 is 0 Å². The fraction of sp³-hybridized carbons (Fsp3) is 0.615. The Labute approximate surface area is 112 Å². The summed E-state index contributed by atoms with van der Waals surface area (Å²) in [5.74, 6) is 0.962. The molecule has 0 fully saturated rings. The summed E-state index contributed by atoms with van der Waals surface area (Å²) in [4.78, 5) is 12.3. The average molecular weight is 265 g/mol. The lowest BCUT2D eigenvalue weighted by atomic mass is 9.97. The summed E-state index contributed by atoms with van der Waals surface area (Å²) in [6.45, 7) is 2.11. The van der Waals surface area contributed by atoms with Gasteiger partial charge < -0.3 is 0 Å². The molecule has 0 aromatic carbocycles. The molecule has 0 radical (unpaired) electrons. The smallest absolute Gasteiger partial charge is 0.280 e. The molecule has 0 amide bonds. The Balaban J connectivity index is 2.31. The lowest BCUT2D eigenvalue weighted by Crippen LogP contribution is -2.25. The Kier molecular flexibility index (Phi) is 4.58. The van der Waals surface area contributed by atoms with Crippen molar-refractivity contribution in [1.29, 1.82) is 0 Å². The van der Waals surface area contributed by atoms with Gasteiger partial charge in [0.25, 0.3) is 5.56 Å². The van der Waals surface area contributed by atoms with Gasteiger partial charge in [-0.15, -0.1) is 10.2 Å². The molecule has 1 aromatic heterocycles. The zero-order valence-electron chi connectivity index (χ0n) is 11.0. The highest BCUT2D eigenvalue weighted by molar-refractivity contribution is 7.99. The zero-order valence-corrected chi connectivity index (χ0v) is 11.8. The summed E-state index contributed by atoms with van der Waals surface area (Å²) < 4.78 is 1.62. The van der Waals surface area contributed by atoms with E-state index < -0.39 is 0 Å². The highest BCUT2D eigenvalue weighted by Crippen LogP contribution is 2.23. The van der Waals surface area contributed by atoms with Crippen LogP contribution in [-0.2, 0) is 7.05 Å². The molecule has 1 heterocycles. The van der Waals surface area contributed by atoms with E-state index in [4.69, 9.17) is 0 Å². The molecule has 1 aliphatic rings. The highest BCUT2D eigenvalue weighted by atomic mass is 32.2. The molecule has 1 aromatic rings. The van der Waals surface area contributed by atoms with Crippen LogP contribution in [0.1, 0.15) is 44.7 Å². The first-order valence-corrected chi connectivity index (χ1v) is 7.48. The van der Waals surface area contributed by atoms with Crippen LogP contribution in [0.2, 0.25) is 0 Å². The molecule has 0 N–H and O–H groups in total. The Morgan fingerprint density at radius 1 is 1.39 bits per heavy atom. The van der Waals surface area contributed by atoms with E-state index in [1.807, 2.05) is 0 Å². The molecule has 1 aliphatic carbocycles. The Hall–Kier alpha value is -1.10. The molecule has 0 bridgehead atoms. The van der Waals surface area contributed by atoms with Gasteiger partial charge in [0.15, 0.2) is 10.9 Å². The van der Waals surface area contributed by atoms with Crippen LogP contribution in [-0.4, -0.2) is 20.5 Å². The van der Waals surface area contributed by atoms with E-state index in [0.29, 0.717) is 10.9 Å². The van der Waals surface area contributed by atoms with Gasteiger partial charge in [-0.25, -0.2) is 0 Å². The van der Waals surface area contributed by atoms with Crippen molar-refractivity contribution in [3.63, 3.8) is 0 Å². The third kappa shape index (κ3) is 2.83. The van der Waals surface area contributed by atoms with Crippen molar-refractivity contribution >= 4 is 17.3 Å². The number of aromatic nitrogens is 3. The zero-order chi connectivity index (χ0) is 13.0. The van der Waals surface area contributed by atoms with E-state index in [2.05, 4.69) is 23.2 Å². The first kappa shape index (κ1) is 13.3. The van der Waals surface area contributed by atoms with Crippen LogP contribution in [0.5, 0.6) is 0 Å². The SMILES string of the molecule is CCCSc1nnc(C2=CCCCC2)c(=O)n1C. The molecule has 0 saturated carbocycles. The van der Waals surface area contributed by atoms with Crippen LogP contribution in [0.3, 0.4) is 0 Å². The molecule has 0 unspecified atom stereocenters.